The average Bonchev–Trinajstić information content (AvgIpc) is 3.43. The van der Waals surface area contributed by atoms with Crippen LogP contribution in [0.25, 0.3) is 11.5 Å². The summed E-state index contributed by atoms with van der Waals surface area (Å²) in [4.78, 5) is 35.0. The van der Waals surface area contributed by atoms with Gasteiger partial charge in [0.05, 0.1) is 22.9 Å². The first-order chi connectivity index (χ1) is 15.6. The van der Waals surface area contributed by atoms with Gasteiger partial charge < -0.3 is 9.32 Å². The molecule has 1 saturated heterocycles. The number of hydrogen-bond acceptors (Lipinski definition) is 6. The molecule has 0 spiro atoms. The fourth-order valence-electron chi connectivity index (χ4n) is 4.42. The van der Waals surface area contributed by atoms with E-state index >= 15 is 0 Å². The van der Waals surface area contributed by atoms with Crippen LogP contribution < -0.4 is 4.90 Å². The summed E-state index contributed by atoms with van der Waals surface area (Å²) in [5, 5.41) is 0. The Hall–Kier alpha value is -3.52. The molecule has 5 rings (SSSR count). The SMILES string of the molecule is O=C1c2ccccc2C(=O)N1CCCN1CCN(c2ccc(F)cc2-c2ncco2)CC1. The number of amides is 2. The molecule has 164 valence electrons. The van der Waals surface area contributed by atoms with E-state index in [1.165, 1.54) is 23.3 Å². The van der Waals surface area contributed by atoms with E-state index in [4.69, 9.17) is 4.42 Å². The molecular formula is C24H23FN4O3. The zero-order valence-electron chi connectivity index (χ0n) is 17.5. The maximum Gasteiger partial charge on any atom is 0.261 e. The molecule has 8 heteroatoms. The van der Waals surface area contributed by atoms with Crippen LogP contribution in [0.3, 0.4) is 0 Å². The highest BCUT2D eigenvalue weighted by atomic mass is 19.1. The number of oxazole rings is 1. The van der Waals surface area contributed by atoms with Crippen LogP contribution in [0.2, 0.25) is 0 Å². The van der Waals surface area contributed by atoms with Crippen molar-refractivity contribution >= 4 is 17.5 Å². The summed E-state index contributed by atoms with van der Waals surface area (Å²) in [5.41, 5.74) is 2.54. The smallest absolute Gasteiger partial charge is 0.261 e. The molecule has 7 nitrogen and oxygen atoms in total. The van der Waals surface area contributed by atoms with Gasteiger partial charge in [-0.25, -0.2) is 9.37 Å². The van der Waals surface area contributed by atoms with Crippen molar-refractivity contribution in [1.82, 2.24) is 14.8 Å². The number of anilines is 1. The Balaban J connectivity index is 1.16. The Morgan fingerprint density at radius 2 is 1.62 bits per heavy atom. The lowest BCUT2D eigenvalue weighted by Crippen LogP contribution is -2.47. The standard InChI is InChI=1S/C24H23FN4O3/c25-17-6-7-21(20(16-17)22-26-8-15-32-22)28-13-11-27(12-14-28)9-3-10-29-23(30)18-4-1-2-5-19(18)24(29)31/h1-2,4-8,15-16H,3,9-14H2. The Morgan fingerprint density at radius 3 is 2.28 bits per heavy atom. The van der Waals surface area contributed by atoms with Crippen molar-refractivity contribution in [3.63, 3.8) is 0 Å². The first-order valence-corrected chi connectivity index (χ1v) is 10.7. The van der Waals surface area contributed by atoms with Crippen molar-refractivity contribution in [2.45, 2.75) is 6.42 Å². The number of nitrogens with zero attached hydrogens (tertiary/aromatic N) is 4. The highest BCUT2D eigenvalue weighted by molar-refractivity contribution is 6.21. The Kier molecular flexibility index (Phi) is 5.45. The molecule has 0 bridgehead atoms. The van der Waals surface area contributed by atoms with Gasteiger partial charge in [0.15, 0.2) is 0 Å². The first-order valence-electron chi connectivity index (χ1n) is 10.7. The lowest BCUT2D eigenvalue weighted by atomic mass is 10.1. The lowest BCUT2D eigenvalue weighted by molar-refractivity contribution is 0.0647. The van der Waals surface area contributed by atoms with E-state index in [0.29, 0.717) is 29.1 Å². The van der Waals surface area contributed by atoms with Gasteiger partial charge in [0, 0.05) is 38.4 Å². The summed E-state index contributed by atoms with van der Waals surface area (Å²) in [6.45, 7) is 4.46. The molecule has 1 aromatic heterocycles. The number of fused-ring (bicyclic) bond motifs is 1. The molecule has 0 radical (unpaired) electrons. The molecule has 2 aliphatic heterocycles. The van der Waals surface area contributed by atoms with Gasteiger partial charge in [-0.2, -0.15) is 0 Å². The third kappa shape index (κ3) is 3.78. The summed E-state index contributed by atoms with van der Waals surface area (Å²) >= 11 is 0. The second kappa shape index (κ2) is 8.55. The van der Waals surface area contributed by atoms with Gasteiger partial charge in [-0.1, -0.05) is 12.1 Å². The summed E-state index contributed by atoms with van der Waals surface area (Å²) in [5.74, 6) is -0.326. The number of benzene rings is 2. The molecule has 0 unspecified atom stereocenters. The predicted octanol–water partition coefficient (Wildman–Crippen LogP) is 3.29. The fraction of sp³-hybridized carbons (Fsp3) is 0.292. The van der Waals surface area contributed by atoms with Crippen molar-refractivity contribution < 1.29 is 18.4 Å². The maximum atomic E-state index is 13.8. The molecule has 2 aromatic carbocycles. The number of piperazine rings is 1. The maximum absolute atomic E-state index is 13.8. The topological polar surface area (TPSA) is 69.9 Å². The second-order valence-corrected chi connectivity index (χ2v) is 7.99. The minimum Gasteiger partial charge on any atom is -0.444 e. The normalized spacial score (nSPS) is 16.7. The summed E-state index contributed by atoms with van der Waals surface area (Å²) in [7, 11) is 0. The molecule has 0 N–H and O–H groups in total. The Bertz CT molecular complexity index is 1100. The van der Waals surface area contributed by atoms with Gasteiger partial charge in [0.1, 0.15) is 12.1 Å². The fourth-order valence-corrected chi connectivity index (χ4v) is 4.42. The van der Waals surface area contributed by atoms with E-state index in [0.717, 1.165) is 44.8 Å². The van der Waals surface area contributed by atoms with Gasteiger partial charge in [0.2, 0.25) is 5.89 Å². The molecule has 0 atom stereocenters. The van der Waals surface area contributed by atoms with Gasteiger partial charge in [-0.3, -0.25) is 19.4 Å². The van der Waals surface area contributed by atoms with E-state index in [9.17, 15) is 14.0 Å². The molecule has 2 amide bonds. The highest BCUT2D eigenvalue weighted by Crippen LogP contribution is 2.31. The third-order valence-electron chi connectivity index (χ3n) is 6.07. The van der Waals surface area contributed by atoms with Gasteiger partial charge in [-0.05, 0) is 43.3 Å². The van der Waals surface area contributed by atoms with Crippen LogP contribution in [0.1, 0.15) is 27.1 Å². The van der Waals surface area contributed by atoms with Crippen LogP contribution in [-0.2, 0) is 0 Å². The Labute approximate surface area is 185 Å². The predicted molar refractivity (Wildman–Crippen MR) is 117 cm³/mol. The number of imide groups is 1. The molecule has 3 aromatic rings. The minimum atomic E-state index is -0.325. The number of carbonyl (C=O) groups is 2. The molecule has 0 saturated carbocycles. The van der Waals surface area contributed by atoms with Crippen molar-refractivity contribution in [2.24, 2.45) is 0 Å². The molecule has 0 aliphatic carbocycles. The number of rotatable bonds is 6. The average molecular weight is 434 g/mol. The first kappa shape index (κ1) is 20.4. The van der Waals surface area contributed by atoms with Crippen molar-refractivity contribution in [2.75, 3.05) is 44.2 Å². The molecule has 2 aliphatic rings. The number of aromatic nitrogens is 1. The number of hydrogen-bond donors (Lipinski definition) is 0. The summed E-state index contributed by atoms with van der Waals surface area (Å²) < 4.78 is 19.2. The van der Waals surface area contributed by atoms with E-state index in [2.05, 4.69) is 14.8 Å². The van der Waals surface area contributed by atoms with Crippen LogP contribution in [0.15, 0.2) is 59.3 Å². The van der Waals surface area contributed by atoms with Gasteiger partial charge in [0.25, 0.3) is 11.8 Å². The van der Waals surface area contributed by atoms with Crippen LogP contribution in [-0.4, -0.2) is 65.9 Å². The summed E-state index contributed by atoms with van der Waals surface area (Å²) in [6.07, 6.45) is 3.76. The zero-order chi connectivity index (χ0) is 22.1. The molecular weight excluding hydrogens is 411 g/mol. The zero-order valence-corrected chi connectivity index (χ0v) is 17.5. The van der Waals surface area contributed by atoms with Gasteiger partial charge >= 0.3 is 0 Å². The van der Waals surface area contributed by atoms with Crippen LogP contribution in [0.4, 0.5) is 10.1 Å². The van der Waals surface area contributed by atoms with Gasteiger partial charge in [-0.15, -0.1) is 0 Å². The van der Waals surface area contributed by atoms with E-state index in [1.54, 1.807) is 36.5 Å². The summed E-state index contributed by atoms with van der Waals surface area (Å²) in [6, 6.07) is 11.6. The highest BCUT2D eigenvalue weighted by Gasteiger charge is 2.34. The quantitative estimate of drug-likeness (QED) is 0.555. The monoisotopic (exact) mass is 434 g/mol. The van der Waals surface area contributed by atoms with Crippen LogP contribution in [0.5, 0.6) is 0 Å². The van der Waals surface area contributed by atoms with E-state index < -0.39 is 0 Å². The van der Waals surface area contributed by atoms with E-state index in [-0.39, 0.29) is 17.6 Å². The number of halogens is 1. The van der Waals surface area contributed by atoms with Crippen LogP contribution in [0, 0.1) is 5.82 Å². The van der Waals surface area contributed by atoms with E-state index in [1.807, 2.05) is 0 Å². The van der Waals surface area contributed by atoms with Crippen LogP contribution >= 0.6 is 0 Å². The second-order valence-electron chi connectivity index (χ2n) is 7.99. The third-order valence-corrected chi connectivity index (χ3v) is 6.07. The van der Waals surface area contributed by atoms with Crippen molar-refractivity contribution in [1.29, 1.82) is 0 Å². The minimum absolute atomic E-state index is 0.203. The molecule has 32 heavy (non-hydrogen) atoms. The largest absolute Gasteiger partial charge is 0.444 e. The molecule has 1 fully saturated rings. The van der Waals surface area contributed by atoms with Crippen molar-refractivity contribution in [3.05, 3.63) is 71.9 Å². The lowest BCUT2D eigenvalue weighted by Gasteiger charge is -2.37. The molecule has 3 heterocycles. The Morgan fingerprint density at radius 1 is 0.906 bits per heavy atom. The van der Waals surface area contributed by atoms with Crippen molar-refractivity contribution in [3.8, 4) is 11.5 Å². The number of carbonyl (C=O) groups excluding carboxylic acids is 2.